The number of hydrogen-bond acceptors (Lipinski definition) is 3. The Balaban J connectivity index is 2.93. The number of hydrogen-bond donors (Lipinski definition) is 1. The van der Waals surface area contributed by atoms with Gasteiger partial charge in [-0.25, -0.2) is 0 Å². The first-order chi connectivity index (χ1) is 7.97. The summed E-state index contributed by atoms with van der Waals surface area (Å²) < 4.78 is 5.17. The van der Waals surface area contributed by atoms with Crippen molar-refractivity contribution in [3.63, 3.8) is 0 Å². The molecule has 17 heavy (non-hydrogen) atoms. The van der Waals surface area contributed by atoms with Gasteiger partial charge in [-0.05, 0) is 19.1 Å². The van der Waals surface area contributed by atoms with E-state index in [4.69, 9.17) is 27.9 Å². The van der Waals surface area contributed by atoms with Crippen molar-refractivity contribution in [2.45, 2.75) is 6.92 Å². The summed E-state index contributed by atoms with van der Waals surface area (Å²) in [5, 5.41) is 2.67. The third-order valence-electron chi connectivity index (χ3n) is 2.06. The van der Waals surface area contributed by atoms with E-state index in [0.717, 1.165) is 0 Å². The van der Waals surface area contributed by atoms with E-state index in [1.54, 1.807) is 0 Å². The molecule has 0 aliphatic rings. The Bertz CT molecular complexity index is 460. The average Bonchev–Trinajstić information content (AvgIpc) is 2.30. The number of Topliss-reactive ketones (excluding diaryl/α,β-unsaturated/α-hetero) is 1. The summed E-state index contributed by atoms with van der Waals surface area (Å²) in [6.45, 7) is 1.23. The van der Waals surface area contributed by atoms with Crippen LogP contribution in [0.5, 0.6) is 5.75 Å². The van der Waals surface area contributed by atoms with Crippen LogP contribution in [0.15, 0.2) is 12.1 Å². The van der Waals surface area contributed by atoms with Gasteiger partial charge in [-0.2, -0.15) is 0 Å². The van der Waals surface area contributed by atoms with Crippen molar-refractivity contribution in [1.82, 2.24) is 5.32 Å². The summed E-state index contributed by atoms with van der Waals surface area (Å²) in [5.41, 5.74) is 0.323. The molecule has 0 saturated carbocycles. The van der Waals surface area contributed by atoms with Gasteiger partial charge < -0.3 is 10.1 Å². The van der Waals surface area contributed by atoms with Crippen LogP contribution in [0.2, 0.25) is 10.0 Å². The zero-order valence-corrected chi connectivity index (χ0v) is 10.9. The van der Waals surface area contributed by atoms with E-state index in [1.807, 2.05) is 0 Å². The van der Waals surface area contributed by atoms with Gasteiger partial charge in [0.1, 0.15) is 10.8 Å². The van der Waals surface area contributed by atoms with Crippen LogP contribution in [0, 0.1) is 0 Å². The third-order valence-corrected chi connectivity index (χ3v) is 2.93. The fourth-order valence-electron chi connectivity index (χ4n) is 1.13. The highest BCUT2D eigenvalue weighted by atomic mass is 35.5. The molecule has 0 fully saturated rings. The first-order valence-electron chi connectivity index (χ1n) is 4.79. The summed E-state index contributed by atoms with van der Waals surface area (Å²) in [6.07, 6.45) is 0. The molecule has 0 aliphatic carbocycles. The summed E-state index contributed by atoms with van der Waals surface area (Å²) >= 11 is 11.8. The van der Waals surface area contributed by atoms with Crippen LogP contribution in [0.4, 0.5) is 0 Å². The van der Waals surface area contributed by atoms with Gasteiger partial charge in [0.25, 0.3) is 5.91 Å². The van der Waals surface area contributed by atoms with Gasteiger partial charge in [-0.15, -0.1) is 0 Å². The molecular formula is C11H11Cl2NO3. The number of halogens is 2. The summed E-state index contributed by atoms with van der Waals surface area (Å²) in [4.78, 5) is 22.2. The van der Waals surface area contributed by atoms with Gasteiger partial charge in [0, 0.05) is 12.6 Å². The predicted octanol–water partition coefficient (Wildman–Crippen LogP) is 2.32. The maximum absolute atomic E-state index is 11.2. The van der Waals surface area contributed by atoms with E-state index in [2.05, 4.69) is 5.32 Å². The molecule has 6 heteroatoms. The Kier molecular flexibility index (Phi) is 4.78. The number of nitrogens with one attached hydrogen (secondary N) is 1. The zero-order valence-electron chi connectivity index (χ0n) is 9.34. The average molecular weight is 276 g/mol. The standard InChI is InChI=1S/C11H11Cl2NO3/c1-6(15)7-3-4-8(11(13)10(7)12)17-5-9(16)14-2/h3-4H,5H2,1-2H3,(H,14,16). The molecule has 1 rings (SSSR count). The lowest BCUT2D eigenvalue weighted by atomic mass is 10.1. The number of amides is 1. The number of rotatable bonds is 4. The minimum absolute atomic E-state index is 0.128. The van der Waals surface area contributed by atoms with Crippen LogP contribution in [0.1, 0.15) is 17.3 Å². The fraction of sp³-hybridized carbons (Fsp3) is 0.273. The van der Waals surface area contributed by atoms with Crippen LogP contribution in [0.3, 0.4) is 0 Å². The van der Waals surface area contributed by atoms with Crippen LogP contribution in [-0.2, 0) is 4.79 Å². The van der Waals surface area contributed by atoms with Crippen molar-refractivity contribution in [2.24, 2.45) is 0 Å². The fourth-order valence-corrected chi connectivity index (χ4v) is 1.64. The molecule has 0 radical (unpaired) electrons. The lowest BCUT2D eigenvalue weighted by Gasteiger charge is -2.10. The number of ketones is 1. The van der Waals surface area contributed by atoms with Crippen LogP contribution in [0.25, 0.3) is 0 Å². The minimum Gasteiger partial charge on any atom is -0.482 e. The monoisotopic (exact) mass is 275 g/mol. The second-order valence-corrected chi connectivity index (χ2v) is 4.01. The molecule has 0 unspecified atom stereocenters. The maximum Gasteiger partial charge on any atom is 0.257 e. The number of carbonyl (C=O) groups excluding carboxylic acids is 2. The van der Waals surface area contributed by atoms with E-state index in [-0.39, 0.29) is 34.1 Å². The first kappa shape index (κ1) is 13.8. The van der Waals surface area contributed by atoms with Crippen molar-refractivity contribution >= 4 is 34.9 Å². The lowest BCUT2D eigenvalue weighted by Crippen LogP contribution is -2.24. The van der Waals surface area contributed by atoms with Gasteiger partial charge >= 0.3 is 0 Å². The van der Waals surface area contributed by atoms with Crippen LogP contribution < -0.4 is 10.1 Å². The minimum atomic E-state index is -0.284. The Morgan fingerprint density at radius 3 is 2.47 bits per heavy atom. The molecule has 0 bridgehead atoms. The van der Waals surface area contributed by atoms with Crippen molar-refractivity contribution in [1.29, 1.82) is 0 Å². The SMILES string of the molecule is CNC(=O)COc1ccc(C(C)=O)c(Cl)c1Cl. The van der Waals surface area contributed by atoms with E-state index < -0.39 is 0 Å². The number of carbonyl (C=O) groups is 2. The summed E-state index contributed by atoms with van der Waals surface area (Å²) in [6, 6.07) is 3.02. The summed E-state index contributed by atoms with van der Waals surface area (Å²) in [7, 11) is 1.50. The van der Waals surface area contributed by atoms with Crippen LogP contribution in [-0.4, -0.2) is 25.3 Å². The normalized spacial score (nSPS) is 9.88. The molecule has 4 nitrogen and oxygen atoms in total. The molecule has 0 aliphatic heterocycles. The second-order valence-electron chi connectivity index (χ2n) is 3.26. The van der Waals surface area contributed by atoms with Gasteiger partial charge in [-0.3, -0.25) is 9.59 Å². The van der Waals surface area contributed by atoms with Gasteiger partial charge in [0.15, 0.2) is 12.4 Å². The van der Waals surface area contributed by atoms with E-state index in [0.29, 0.717) is 5.56 Å². The smallest absolute Gasteiger partial charge is 0.257 e. The predicted molar refractivity (Wildman–Crippen MR) is 66.0 cm³/mol. The number of benzene rings is 1. The summed E-state index contributed by atoms with van der Waals surface area (Å²) in [5.74, 6) is -0.201. The molecule has 1 N–H and O–H groups in total. The first-order valence-corrected chi connectivity index (χ1v) is 5.55. The van der Waals surface area contributed by atoms with Crippen molar-refractivity contribution in [2.75, 3.05) is 13.7 Å². The maximum atomic E-state index is 11.2. The zero-order chi connectivity index (χ0) is 13.0. The third kappa shape index (κ3) is 3.35. The van der Waals surface area contributed by atoms with Gasteiger partial charge in [-0.1, -0.05) is 23.2 Å². The van der Waals surface area contributed by atoms with Crippen molar-refractivity contribution < 1.29 is 14.3 Å². The Morgan fingerprint density at radius 1 is 1.29 bits per heavy atom. The Labute approximate surface area is 109 Å². The lowest BCUT2D eigenvalue weighted by molar-refractivity contribution is -0.122. The molecule has 0 atom stereocenters. The molecule has 1 amide bonds. The molecule has 1 aromatic rings. The number of ether oxygens (including phenoxy) is 1. The Hall–Kier alpha value is -1.26. The van der Waals surface area contributed by atoms with Crippen molar-refractivity contribution in [3.8, 4) is 5.75 Å². The van der Waals surface area contributed by atoms with E-state index >= 15 is 0 Å². The number of likely N-dealkylation sites (N-methyl/N-ethyl adjacent to an activating group) is 1. The molecule has 0 aromatic heterocycles. The van der Waals surface area contributed by atoms with Gasteiger partial charge in [0.05, 0.1) is 5.02 Å². The molecule has 0 spiro atoms. The molecule has 92 valence electrons. The quantitative estimate of drug-likeness (QED) is 0.858. The highest BCUT2D eigenvalue weighted by Gasteiger charge is 2.14. The van der Waals surface area contributed by atoms with Gasteiger partial charge in [0.2, 0.25) is 0 Å². The molecule has 1 aromatic carbocycles. The highest BCUT2D eigenvalue weighted by molar-refractivity contribution is 6.44. The van der Waals surface area contributed by atoms with E-state index in [1.165, 1.54) is 26.1 Å². The van der Waals surface area contributed by atoms with Crippen molar-refractivity contribution in [3.05, 3.63) is 27.7 Å². The molecule has 0 heterocycles. The largest absolute Gasteiger partial charge is 0.482 e. The molecule has 0 saturated heterocycles. The highest BCUT2D eigenvalue weighted by Crippen LogP contribution is 2.34. The molecular weight excluding hydrogens is 265 g/mol. The Morgan fingerprint density at radius 2 is 1.94 bits per heavy atom. The van der Waals surface area contributed by atoms with E-state index in [9.17, 15) is 9.59 Å². The van der Waals surface area contributed by atoms with Crippen LogP contribution >= 0.6 is 23.2 Å². The second kappa shape index (κ2) is 5.89. The topological polar surface area (TPSA) is 55.4 Å².